The molecule has 4 N–H and O–H groups in total. The van der Waals surface area contributed by atoms with Gasteiger partial charge in [0.25, 0.3) is 5.91 Å². The van der Waals surface area contributed by atoms with Crippen LogP contribution < -0.4 is 21.1 Å². The van der Waals surface area contributed by atoms with Crippen LogP contribution in [0.1, 0.15) is 31.7 Å². The summed E-state index contributed by atoms with van der Waals surface area (Å²) in [6.07, 6.45) is 4.87. The van der Waals surface area contributed by atoms with Crippen molar-refractivity contribution in [3.05, 3.63) is 29.8 Å². The van der Waals surface area contributed by atoms with E-state index in [1.165, 1.54) is 37.9 Å². The highest BCUT2D eigenvalue weighted by Gasteiger charge is 2.09. The quantitative estimate of drug-likeness (QED) is 0.421. The second-order valence-electron chi connectivity index (χ2n) is 6.74. The first-order chi connectivity index (χ1) is 13.2. The minimum atomic E-state index is -0.473. The molecule has 1 amide bonds. The zero-order chi connectivity index (χ0) is 19.3. The second kappa shape index (κ2) is 12.2. The van der Waals surface area contributed by atoms with Gasteiger partial charge in [-0.25, -0.2) is 0 Å². The number of benzene rings is 1. The minimum Gasteiger partial charge on any atom is -0.484 e. The summed E-state index contributed by atoms with van der Waals surface area (Å²) in [7, 11) is 0. The van der Waals surface area contributed by atoms with Gasteiger partial charge in [-0.1, -0.05) is 18.6 Å². The number of ether oxygens (including phenoxy) is 1. The number of nitrogens with two attached hydrogens (primary N) is 1. The van der Waals surface area contributed by atoms with E-state index in [1.54, 1.807) is 0 Å². The Morgan fingerprint density at radius 1 is 1.19 bits per heavy atom. The van der Waals surface area contributed by atoms with Crippen LogP contribution >= 0.6 is 0 Å². The number of piperidine rings is 1. The summed E-state index contributed by atoms with van der Waals surface area (Å²) >= 11 is 0. The Kier molecular flexibility index (Phi) is 9.48. The molecule has 2 rings (SSSR count). The predicted molar refractivity (Wildman–Crippen MR) is 109 cm³/mol. The third-order valence-electron chi connectivity index (χ3n) is 4.49. The van der Waals surface area contributed by atoms with E-state index in [4.69, 9.17) is 10.5 Å². The number of hydrogen-bond acceptors (Lipinski definition) is 4. The van der Waals surface area contributed by atoms with E-state index < -0.39 is 5.91 Å². The highest BCUT2D eigenvalue weighted by molar-refractivity contribution is 5.79. The maximum absolute atomic E-state index is 10.7. The monoisotopic (exact) mass is 375 g/mol. The molecule has 0 saturated carbocycles. The molecule has 0 spiro atoms. The number of likely N-dealkylation sites (tertiary alicyclic amines) is 1. The van der Waals surface area contributed by atoms with E-state index in [2.05, 4.69) is 27.4 Å². The van der Waals surface area contributed by atoms with E-state index >= 15 is 0 Å². The van der Waals surface area contributed by atoms with Crippen LogP contribution in [0, 0.1) is 0 Å². The van der Waals surface area contributed by atoms with E-state index in [0.29, 0.717) is 5.75 Å². The van der Waals surface area contributed by atoms with Crippen molar-refractivity contribution in [3.63, 3.8) is 0 Å². The van der Waals surface area contributed by atoms with Gasteiger partial charge < -0.3 is 26.0 Å². The van der Waals surface area contributed by atoms with Gasteiger partial charge in [0.15, 0.2) is 12.6 Å². The van der Waals surface area contributed by atoms with Crippen LogP contribution in [0.5, 0.6) is 5.75 Å². The van der Waals surface area contributed by atoms with Crippen molar-refractivity contribution in [2.45, 2.75) is 32.6 Å². The Hall–Kier alpha value is -2.28. The van der Waals surface area contributed by atoms with Crippen molar-refractivity contribution in [2.24, 2.45) is 10.7 Å². The van der Waals surface area contributed by atoms with Crippen molar-refractivity contribution in [1.82, 2.24) is 15.5 Å². The smallest absolute Gasteiger partial charge is 0.255 e. The molecule has 1 aromatic rings. The van der Waals surface area contributed by atoms with Gasteiger partial charge in [-0.05, 0) is 57.0 Å². The number of aliphatic imine (C=N–C) groups is 1. The van der Waals surface area contributed by atoms with E-state index in [1.807, 2.05) is 24.3 Å². The van der Waals surface area contributed by atoms with Crippen LogP contribution in [0.15, 0.2) is 29.3 Å². The first-order valence-corrected chi connectivity index (χ1v) is 9.92. The normalized spacial score (nSPS) is 15.4. The Balaban J connectivity index is 1.71. The lowest BCUT2D eigenvalue weighted by Gasteiger charge is -2.25. The summed E-state index contributed by atoms with van der Waals surface area (Å²) in [5, 5.41) is 6.69. The number of carbonyl (C=O) groups is 1. The molecule has 1 aliphatic heterocycles. The molecular weight excluding hydrogens is 342 g/mol. The molecule has 0 atom stereocenters. The largest absolute Gasteiger partial charge is 0.484 e. The zero-order valence-electron chi connectivity index (χ0n) is 16.4. The first-order valence-electron chi connectivity index (χ1n) is 9.92. The number of carbonyl (C=O) groups excluding carboxylic acids is 1. The van der Waals surface area contributed by atoms with Crippen LogP contribution in [0.2, 0.25) is 0 Å². The van der Waals surface area contributed by atoms with Gasteiger partial charge in [-0.2, -0.15) is 0 Å². The van der Waals surface area contributed by atoms with Crippen molar-refractivity contribution >= 4 is 11.9 Å². The summed E-state index contributed by atoms with van der Waals surface area (Å²) < 4.78 is 5.27. The van der Waals surface area contributed by atoms with E-state index in [-0.39, 0.29) is 6.61 Å². The summed E-state index contributed by atoms with van der Waals surface area (Å²) in [6.45, 7) is 7.90. The van der Waals surface area contributed by atoms with E-state index in [9.17, 15) is 4.79 Å². The van der Waals surface area contributed by atoms with Crippen molar-refractivity contribution < 1.29 is 9.53 Å². The van der Waals surface area contributed by atoms with Crippen molar-refractivity contribution in [2.75, 3.05) is 45.9 Å². The topological polar surface area (TPSA) is 92.0 Å². The highest BCUT2D eigenvalue weighted by atomic mass is 16.5. The van der Waals surface area contributed by atoms with Gasteiger partial charge in [0.05, 0.1) is 6.54 Å². The fourth-order valence-corrected chi connectivity index (χ4v) is 3.06. The molecule has 150 valence electrons. The van der Waals surface area contributed by atoms with Gasteiger partial charge in [-0.3, -0.25) is 9.79 Å². The molecule has 7 heteroatoms. The molecule has 0 unspecified atom stereocenters. The van der Waals surface area contributed by atoms with Crippen LogP contribution in [0.25, 0.3) is 0 Å². The number of amides is 1. The average Bonchev–Trinajstić information content (AvgIpc) is 2.68. The number of hydrogen-bond donors (Lipinski definition) is 3. The van der Waals surface area contributed by atoms with E-state index in [0.717, 1.165) is 38.6 Å². The van der Waals surface area contributed by atoms with Crippen molar-refractivity contribution in [1.29, 1.82) is 0 Å². The third-order valence-corrected chi connectivity index (χ3v) is 4.49. The highest BCUT2D eigenvalue weighted by Crippen LogP contribution is 2.12. The van der Waals surface area contributed by atoms with Crippen LogP contribution in [0.4, 0.5) is 0 Å². The Morgan fingerprint density at radius 2 is 1.93 bits per heavy atom. The molecule has 0 bridgehead atoms. The summed E-state index contributed by atoms with van der Waals surface area (Å²) in [6, 6.07) is 7.71. The lowest BCUT2D eigenvalue weighted by atomic mass is 10.1. The molecule has 1 aliphatic rings. The van der Waals surface area contributed by atoms with Gasteiger partial charge in [-0.15, -0.1) is 0 Å². The maximum atomic E-state index is 10.7. The number of nitrogens with zero attached hydrogens (tertiary/aromatic N) is 2. The van der Waals surface area contributed by atoms with Crippen LogP contribution in [-0.4, -0.2) is 62.6 Å². The summed E-state index contributed by atoms with van der Waals surface area (Å²) in [4.78, 5) is 17.9. The molecule has 0 aliphatic carbocycles. The lowest BCUT2D eigenvalue weighted by molar-refractivity contribution is -0.119. The molecule has 1 saturated heterocycles. The number of primary amides is 1. The Bertz CT molecular complexity index is 583. The fraction of sp³-hybridized carbons (Fsp3) is 0.600. The number of guanidine groups is 1. The second-order valence-corrected chi connectivity index (χ2v) is 6.74. The fourth-order valence-electron chi connectivity index (χ4n) is 3.06. The number of nitrogens with one attached hydrogen (secondary N) is 2. The third kappa shape index (κ3) is 8.77. The standard InChI is InChI=1S/C20H33N5O2/c1-2-22-20(24-12-15-25-13-4-3-5-14-25)23-11-10-17-6-8-18(9-7-17)27-16-19(21)26/h6-9H,2-5,10-16H2,1H3,(H2,21,26)(H2,22,23,24). The summed E-state index contributed by atoms with van der Waals surface area (Å²) in [5.74, 6) is 1.05. The summed E-state index contributed by atoms with van der Waals surface area (Å²) in [5.41, 5.74) is 6.27. The molecule has 7 nitrogen and oxygen atoms in total. The maximum Gasteiger partial charge on any atom is 0.255 e. The van der Waals surface area contributed by atoms with Gasteiger partial charge in [0.1, 0.15) is 5.75 Å². The van der Waals surface area contributed by atoms with Crippen LogP contribution in [0.3, 0.4) is 0 Å². The van der Waals surface area contributed by atoms with Gasteiger partial charge in [0, 0.05) is 19.6 Å². The molecule has 0 aromatic heterocycles. The first kappa shape index (κ1) is 21.0. The van der Waals surface area contributed by atoms with Gasteiger partial charge >= 0.3 is 0 Å². The lowest BCUT2D eigenvalue weighted by Crippen LogP contribution is -2.39. The molecular formula is C20H33N5O2. The zero-order valence-corrected chi connectivity index (χ0v) is 16.4. The number of rotatable bonds is 10. The minimum absolute atomic E-state index is 0.0964. The van der Waals surface area contributed by atoms with Crippen molar-refractivity contribution in [3.8, 4) is 5.75 Å². The Labute approximate surface area is 162 Å². The molecule has 27 heavy (non-hydrogen) atoms. The Morgan fingerprint density at radius 3 is 2.59 bits per heavy atom. The average molecular weight is 376 g/mol. The SMILES string of the molecule is CCNC(=NCCN1CCCCC1)NCCc1ccc(OCC(N)=O)cc1. The molecule has 1 heterocycles. The molecule has 1 fully saturated rings. The van der Waals surface area contributed by atoms with Crippen LogP contribution in [-0.2, 0) is 11.2 Å². The molecule has 1 aromatic carbocycles. The predicted octanol–water partition coefficient (Wildman–Crippen LogP) is 1.13. The molecule has 0 radical (unpaired) electrons. The van der Waals surface area contributed by atoms with Gasteiger partial charge in [0.2, 0.25) is 0 Å².